The Morgan fingerprint density at radius 1 is 1.40 bits per heavy atom. The van der Waals surface area contributed by atoms with Gasteiger partial charge in [0.05, 0.1) is 5.25 Å². The first-order valence-electron chi connectivity index (χ1n) is 5.77. The number of hydrogen-bond acceptors (Lipinski definition) is 2. The molecule has 2 nitrogen and oxygen atoms in total. The fourth-order valence-corrected chi connectivity index (χ4v) is 4.11. The number of halogens is 1. The maximum Gasteiger partial charge on any atom is 0.235 e. The summed E-state index contributed by atoms with van der Waals surface area (Å²) in [5.74, 6) is 2.26. The lowest BCUT2D eigenvalue weighted by atomic mass is 10.1. The van der Waals surface area contributed by atoms with Gasteiger partial charge in [-0.15, -0.1) is 11.8 Å². The van der Waals surface area contributed by atoms with E-state index in [1.807, 2.05) is 11.8 Å². The Labute approximate surface area is 104 Å². The molecule has 0 aromatic carbocycles. The van der Waals surface area contributed by atoms with E-state index in [0.717, 1.165) is 24.8 Å². The van der Waals surface area contributed by atoms with E-state index in [9.17, 15) is 4.79 Å². The molecule has 0 radical (unpaired) electrons. The second kappa shape index (κ2) is 5.58. The molecule has 2 atom stereocenters. The average molecular weight is 292 g/mol. The van der Waals surface area contributed by atoms with Crippen LogP contribution in [0.4, 0.5) is 0 Å². The third-order valence-electron chi connectivity index (χ3n) is 3.27. The van der Waals surface area contributed by atoms with E-state index in [1.165, 1.54) is 25.0 Å². The van der Waals surface area contributed by atoms with Crippen LogP contribution in [0.15, 0.2) is 0 Å². The summed E-state index contributed by atoms with van der Waals surface area (Å²) in [6, 6.07) is 0. The predicted molar refractivity (Wildman–Crippen MR) is 68.6 cm³/mol. The topological polar surface area (TPSA) is 20.3 Å². The van der Waals surface area contributed by atoms with Gasteiger partial charge in [0.1, 0.15) is 0 Å². The van der Waals surface area contributed by atoms with Crippen LogP contribution in [-0.4, -0.2) is 40.2 Å². The first-order chi connectivity index (χ1) is 7.31. The second-order valence-electron chi connectivity index (χ2n) is 4.45. The Bertz CT molecular complexity index is 231. The summed E-state index contributed by atoms with van der Waals surface area (Å²) < 4.78 is 0. The highest BCUT2D eigenvalue weighted by Gasteiger charge is 2.31. The monoisotopic (exact) mass is 291 g/mol. The molecule has 2 fully saturated rings. The Morgan fingerprint density at radius 3 is 2.87 bits per heavy atom. The highest BCUT2D eigenvalue weighted by molar-refractivity contribution is 9.09. The maximum atomic E-state index is 12.2. The fraction of sp³-hybridized carbons (Fsp3) is 0.909. The summed E-state index contributed by atoms with van der Waals surface area (Å²) in [6.45, 7) is 1.95. The van der Waals surface area contributed by atoms with Gasteiger partial charge in [-0.05, 0) is 30.9 Å². The molecule has 2 aliphatic heterocycles. The van der Waals surface area contributed by atoms with E-state index in [2.05, 4.69) is 20.8 Å². The van der Waals surface area contributed by atoms with Crippen LogP contribution in [0.3, 0.4) is 0 Å². The van der Waals surface area contributed by atoms with Crippen molar-refractivity contribution in [2.24, 2.45) is 5.92 Å². The van der Waals surface area contributed by atoms with Crippen molar-refractivity contribution in [1.29, 1.82) is 0 Å². The Morgan fingerprint density at radius 2 is 2.27 bits per heavy atom. The minimum absolute atomic E-state index is 0.271. The van der Waals surface area contributed by atoms with Crippen LogP contribution >= 0.6 is 27.7 Å². The van der Waals surface area contributed by atoms with Gasteiger partial charge in [0.25, 0.3) is 0 Å². The van der Waals surface area contributed by atoms with Gasteiger partial charge in [-0.25, -0.2) is 0 Å². The third kappa shape index (κ3) is 2.90. The van der Waals surface area contributed by atoms with Gasteiger partial charge >= 0.3 is 0 Å². The lowest BCUT2D eigenvalue weighted by molar-refractivity contribution is -0.129. The van der Waals surface area contributed by atoms with Crippen molar-refractivity contribution in [3.05, 3.63) is 0 Å². The van der Waals surface area contributed by atoms with E-state index >= 15 is 0 Å². The molecule has 0 N–H and O–H groups in total. The van der Waals surface area contributed by atoms with Crippen LogP contribution in [0, 0.1) is 5.92 Å². The van der Waals surface area contributed by atoms with Gasteiger partial charge < -0.3 is 4.90 Å². The van der Waals surface area contributed by atoms with E-state index < -0.39 is 0 Å². The van der Waals surface area contributed by atoms with Gasteiger partial charge in [0.15, 0.2) is 0 Å². The minimum atomic E-state index is 0.271. The molecule has 86 valence electrons. The zero-order valence-electron chi connectivity index (χ0n) is 8.95. The average Bonchev–Trinajstić information content (AvgIpc) is 2.78. The first kappa shape index (κ1) is 11.8. The van der Waals surface area contributed by atoms with Crippen molar-refractivity contribution in [1.82, 2.24) is 4.90 Å². The van der Waals surface area contributed by atoms with Gasteiger partial charge in [-0.1, -0.05) is 22.4 Å². The molecule has 0 aromatic rings. The standard InChI is InChI=1S/C11H18BrNOS/c12-7-9-4-5-13(8-9)11(14)10-3-1-2-6-15-10/h9-10H,1-8H2. The lowest BCUT2D eigenvalue weighted by Gasteiger charge is -2.25. The van der Waals surface area contributed by atoms with Crippen LogP contribution < -0.4 is 0 Å². The molecule has 0 spiro atoms. The number of rotatable bonds is 2. The summed E-state index contributed by atoms with van der Waals surface area (Å²) in [7, 11) is 0. The summed E-state index contributed by atoms with van der Waals surface area (Å²) in [6.07, 6.45) is 4.80. The normalized spacial score (nSPS) is 31.9. The van der Waals surface area contributed by atoms with Crippen molar-refractivity contribution in [2.75, 3.05) is 24.2 Å². The molecule has 2 aliphatic rings. The smallest absolute Gasteiger partial charge is 0.235 e. The van der Waals surface area contributed by atoms with Crippen molar-refractivity contribution >= 4 is 33.6 Å². The molecular formula is C11H18BrNOS. The minimum Gasteiger partial charge on any atom is -0.341 e. The van der Waals surface area contributed by atoms with Crippen molar-refractivity contribution < 1.29 is 4.79 Å². The molecule has 15 heavy (non-hydrogen) atoms. The molecule has 2 unspecified atom stereocenters. The number of nitrogens with zero attached hydrogens (tertiary/aromatic N) is 1. The van der Waals surface area contributed by atoms with Crippen molar-refractivity contribution in [2.45, 2.75) is 30.9 Å². The lowest BCUT2D eigenvalue weighted by Crippen LogP contribution is -2.37. The van der Waals surface area contributed by atoms with Crippen molar-refractivity contribution in [3.63, 3.8) is 0 Å². The van der Waals surface area contributed by atoms with Crippen molar-refractivity contribution in [3.8, 4) is 0 Å². The van der Waals surface area contributed by atoms with E-state index in [0.29, 0.717) is 11.8 Å². The molecule has 2 rings (SSSR count). The largest absolute Gasteiger partial charge is 0.341 e. The number of hydrogen-bond donors (Lipinski definition) is 0. The Balaban J connectivity index is 1.85. The molecule has 2 heterocycles. The second-order valence-corrected chi connectivity index (χ2v) is 6.41. The van der Waals surface area contributed by atoms with Crippen LogP contribution in [0.25, 0.3) is 0 Å². The highest BCUT2D eigenvalue weighted by Crippen LogP contribution is 2.28. The van der Waals surface area contributed by atoms with Crippen LogP contribution in [0.5, 0.6) is 0 Å². The van der Waals surface area contributed by atoms with E-state index in [4.69, 9.17) is 0 Å². The zero-order valence-corrected chi connectivity index (χ0v) is 11.4. The molecular weight excluding hydrogens is 274 g/mol. The summed E-state index contributed by atoms with van der Waals surface area (Å²) in [5, 5.41) is 1.31. The molecule has 0 bridgehead atoms. The SMILES string of the molecule is O=C(C1CCCCS1)N1CCC(CBr)C1. The van der Waals surface area contributed by atoms with E-state index in [-0.39, 0.29) is 5.25 Å². The summed E-state index contributed by atoms with van der Waals surface area (Å²) in [4.78, 5) is 14.2. The molecule has 0 aromatic heterocycles. The quantitative estimate of drug-likeness (QED) is 0.729. The van der Waals surface area contributed by atoms with Gasteiger partial charge in [0, 0.05) is 18.4 Å². The van der Waals surface area contributed by atoms with Gasteiger partial charge in [-0.2, -0.15) is 0 Å². The van der Waals surface area contributed by atoms with Crippen LogP contribution in [0.1, 0.15) is 25.7 Å². The number of carbonyl (C=O) groups excluding carboxylic acids is 1. The van der Waals surface area contributed by atoms with Crippen LogP contribution in [-0.2, 0) is 4.79 Å². The zero-order chi connectivity index (χ0) is 10.7. The Hall–Kier alpha value is 0.300. The van der Waals surface area contributed by atoms with Gasteiger partial charge in [0.2, 0.25) is 5.91 Å². The Kier molecular flexibility index (Phi) is 4.38. The molecule has 2 saturated heterocycles. The predicted octanol–water partition coefficient (Wildman–Crippen LogP) is 2.52. The molecule has 0 aliphatic carbocycles. The first-order valence-corrected chi connectivity index (χ1v) is 7.94. The molecule has 1 amide bonds. The number of amides is 1. The number of alkyl halides is 1. The van der Waals surface area contributed by atoms with E-state index in [1.54, 1.807) is 0 Å². The third-order valence-corrected chi connectivity index (χ3v) is 5.55. The highest BCUT2D eigenvalue weighted by atomic mass is 79.9. The number of thioether (sulfide) groups is 1. The number of carbonyl (C=O) groups is 1. The van der Waals surface area contributed by atoms with Crippen LogP contribution in [0.2, 0.25) is 0 Å². The summed E-state index contributed by atoms with van der Waals surface area (Å²) in [5.41, 5.74) is 0. The summed E-state index contributed by atoms with van der Waals surface area (Å²) >= 11 is 5.37. The van der Waals surface area contributed by atoms with Gasteiger partial charge in [-0.3, -0.25) is 4.79 Å². The molecule has 0 saturated carbocycles. The number of likely N-dealkylation sites (tertiary alicyclic amines) is 1. The maximum absolute atomic E-state index is 12.2. The molecule has 4 heteroatoms. The fourth-order valence-electron chi connectivity index (χ4n) is 2.30.